The molecule has 0 spiro atoms. The van der Waals surface area contributed by atoms with Crippen molar-refractivity contribution in [1.29, 1.82) is 0 Å². The first kappa shape index (κ1) is 13.7. The van der Waals surface area contributed by atoms with Gasteiger partial charge in [-0.15, -0.1) is 0 Å². The minimum absolute atomic E-state index is 0.381. The highest BCUT2D eigenvalue weighted by molar-refractivity contribution is 5.58. The number of nitrogens with one attached hydrogen (secondary N) is 1. The van der Waals surface area contributed by atoms with Gasteiger partial charge in [0.25, 0.3) is 11.8 Å². The fourth-order valence-corrected chi connectivity index (χ4v) is 2.61. The van der Waals surface area contributed by atoms with Gasteiger partial charge in [0, 0.05) is 24.8 Å². The predicted octanol–water partition coefficient (Wildman–Crippen LogP) is 2.87. The van der Waals surface area contributed by atoms with Crippen LogP contribution in [-0.2, 0) is 0 Å². The van der Waals surface area contributed by atoms with E-state index in [0.29, 0.717) is 17.5 Å². The number of benzene rings is 1. The molecule has 0 aliphatic carbocycles. The Kier molecular flexibility index (Phi) is 3.59. The van der Waals surface area contributed by atoms with Crippen LogP contribution in [-0.4, -0.2) is 33.2 Å². The second-order valence-corrected chi connectivity index (χ2v) is 5.37. The lowest BCUT2D eigenvalue weighted by Gasteiger charge is -2.15. The van der Waals surface area contributed by atoms with E-state index in [0.717, 1.165) is 24.6 Å². The van der Waals surface area contributed by atoms with Gasteiger partial charge in [0.05, 0.1) is 0 Å². The molecule has 4 rings (SSSR count). The van der Waals surface area contributed by atoms with Crippen molar-refractivity contribution in [2.24, 2.45) is 0 Å². The summed E-state index contributed by atoms with van der Waals surface area (Å²) < 4.78 is 5.31. The van der Waals surface area contributed by atoms with Gasteiger partial charge in [-0.05, 0) is 30.1 Å². The van der Waals surface area contributed by atoms with E-state index in [1.165, 1.54) is 19.2 Å². The van der Waals surface area contributed by atoms with Gasteiger partial charge in [-0.2, -0.15) is 4.98 Å². The molecular weight excluding hydrogens is 292 g/mol. The van der Waals surface area contributed by atoms with E-state index in [1.54, 1.807) is 0 Å². The van der Waals surface area contributed by atoms with Gasteiger partial charge in [-0.1, -0.05) is 18.2 Å². The Balaban J connectivity index is 1.55. The van der Waals surface area contributed by atoms with E-state index in [2.05, 4.69) is 30.3 Å². The molecule has 0 amide bonds. The Morgan fingerprint density at radius 2 is 1.87 bits per heavy atom. The van der Waals surface area contributed by atoms with Gasteiger partial charge in [-0.3, -0.25) is 0 Å². The van der Waals surface area contributed by atoms with Crippen molar-refractivity contribution in [2.45, 2.75) is 12.8 Å². The summed E-state index contributed by atoms with van der Waals surface area (Å²) in [5.74, 6) is 1.70. The van der Waals surface area contributed by atoms with Crippen molar-refractivity contribution in [2.75, 3.05) is 23.3 Å². The molecule has 1 aliphatic heterocycles. The van der Waals surface area contributed by atoms with Crippen LogP contribution in [0.15, 0.2) is 47.2 Å². The molecule has 3 heterocycles. The highest BCUT2D eigenvalue weighted by Crippen LogP contribution is 2.23. The van der Waals surface area contributed by atoms with Gasteiger partial charge in [-0.25, -0.2) is 9.97 Å². The first-order valence-corrected chi connectivity index (χ1v) is 7.62. The SMILES string of the molecule is c1ccc(Nc2noc(-c3cc(N4CCCC4)ncn3)n2)cc1. The topological polar surface area (TPSA) is 80.0 Å². The summed E-state index contributed by atoms with van der Waals surface area (Å²) in [4.78, 5) is 15.2. The Labute approximate surface area is 133 Å². The number of rotatable bonds is 4. The molecule has 1 aliphatic rings. The minimum Gasteiger partial charge on any atom is -0.357 e. The average molecular weight is 308 g/mol. The van der Waals surface area contributed by atoms with Crippen LogP contribution in [0.25, 0.3) is 11.6 Å². The third-order valence-electron chi connectivity index (χ3n) is 3.76. The Morgan fingerprint density at radius 1 is 1.04 bits per heavy atom. The number of para-hydroxylation sites is 1. The Bertz CT molecular complexity index is 782. The number of nitrogens with zero attached hydrogens (tertiary/aromatic N) is 5. The van der Waals surface area contributed by atoms with Crippen molar-refractivity contribution >= 4 is 17.5 Å². The van der Waals surface area contributed by atoms with Crippen molar-refractivity contribution in [3.8, 4) is 11.6 Å². The third kappa shape index (κ3) is 2.98. The van der Waals surface area contributed by atoms with Crippen LogP contribution in [0.1, 0.15) is 12.8 Å². The molecule has 7 nitrogen and oxygen atoms in total. The van der Waals surface area contributed by atoms with E-state index in [1.807, 2.05) is 36.4 Å². The molecule has 1 saturated heterocycles. The summed E-state index contributed by atoms with van der Waals surface area (Å²) in [6.07, 6.45) is 3.94. The molecule has 1 fully saturated rings. The van der Waals surface area contributed by atoms with E-state index < -0.39 is 0 Å². The van der Waals surface area contributed by atoms with Gasteiger partial charge in [0.2, 0.25) is 0 Å². The van der Waals surface area contributed by atoms with Gasteiger partial charge >= 0.3 is 0 Å². The van der Waals surface area contributed by atoms with Crippen molar-refractivity contribution in [1.82, 2.24) is 20.1 Å². The zero-order valence-corrected chi connectivity index (χ0v) is 12.5. The van der Waals surface area contributed by atoms with Crippen LogP contribution in [0.3, 0.4) is 0 Å². The standard InChI is InChI=1S/C16H16N6O/c1-2-6-12(7-3-1)19-16-20-15(23-21-16)13-10-14(18-11-17-13)22-8-4-5-9-22/h1-3,6-7,10-11H,4-5,8-9H2,(H,19,21). The van der Waals surface area contributed by atoms with Crippen LogP contribution in [0.5, 0.6) is 0 Å². The zero-order valence-electron chi connectivity index (χ0n) is 12.5. The second kappa shape index (κ2) is 6.04. The molecule has 1 aromatic carbocycles. The highest BCUT2D eigenvalue weighted by Gasteiger charge is 2.16. The monoisotopic (exact) mass is 308 g/mol. The van der Waals surface area contributed by atoms with Crippen molar-refractivity contribution in [3.05, 3.63) is 42.7 Å². The van der Waals surface area contributed by atoms with Gasteiger partial charge < -0.3 is 14.7 Å². The Morgan fingerprint density at radius 3 is 2.70 bits per heavy atom. The Hall–Kier alpha value is -2.96. The first-order chi connectivity index (χ1) is 11.4. The summed E-state index contributed by atoms with van der Waals surface area (Å²) in [5.41, 5.74) is 1.54. The van der Waals surface area contributed by atoms with E-state index in [9.17, 15) is 0 Å². The number of hydrogen-bond donors (Lipinski definition) is 1. The fourth-order valence-electron chi connectivity index (χ4n) is 2.61. The van der Waals surface area contributed by atoms with Gasteiger partial charge in [0.1, 0.15) is 17.8 Å². The lowest BCUT2D eigenvalue weighted by Crippen LogP contribution is -2.19. The van der Waals surface area contributed by atoms with Crippen LogP contribution >= 0.6 is 0 Å². The summed E-state index contributed by atoms with van der Waals surface area (Å²) in [6.45, 7) is 2.06. The van der Waals surface area contributed by atoms with Gasteiger partial charge in [0.15, 0.2) is 0 Å². The maximum absolute atomic E-state index is 5.31. The van der Waals surface area contributed by atoms with Crippen LogP contribution in [0.2, 0.25) is 0 Å². The lowest BCUT2D eigenvalue weighted by atomic mass is 10.3. The predicted molar refractivity (Wildman–Crippen MR) is 86.5 cm³/mol. The molecule has 7 heteroatoms. The molecule has 2 aromatic heterocycles. The summed E-state index contributed by atoms with van der Waals surface area (Å²) in [6, 6.07) is 11.6. The van der Waals surface area contributed by atoms with Crippen LogP contribution in [0, 0.1) is 0 Å². The van der Waals surface area contributed by atoms with Crippen LogP contribution in [0.4, 0.5) is 17.5 Å². The maximum Gasteiger partial charge on any atom is 0.278 e. The van der Waals surface area contributed by atoms with E-state index in [4.69, 9.17) is 4.52 Å². The maximum atomic E-state index is 5.31. The summed E-state index contributed by atoms with van der Waals surface area (Å²) >= 11 is 0. The molecule has 0 unspecified atom stereocenters. The minimum atomic E-state index is 0.381. The first-order valence-electron chi connectivity index (χ1n) is 7.62. The second-order valence-electron chi connectivity index (χ2n) is 5.37. The lowest BCUT2D eigenvalue weighted by molar-refractivity contribution is 0.431. The molecule has 0 bridgehead atoms. The normalized spacial score (nSPS) is 14.2. The van der Waals surface area contributed by atoms with Crippen molar-refractivity contribution < 1.29 is 4.52 Å². The molecule has 0 atom stereocenters. The number of hydrogen-bond acceptors (Lipinski definition) is 7. The molecule has 23 heavy (non-hydrogen) atoms. The van der Waals surface area contributed by atoms with E-state index in [-0.39, 0.29) is 0 Å². The third-order valence-corrected chi connectivity index (χ3v) is 3.76. The van der Waals surface area contributed by atoms with Crippen LogP contribution < -0.4 is 10.2 Å². The highest BCUT2D eigenvalue weighted by atomic mass is 16.5. The largest absolute Gasteiger partial charge is 0.357 e. The van der Waals surface area contributed by atoms with E-state index >= 15 is 0 Å². The molecule has 116 valence electrons. The number of aromatic nitrogens is 4. The smallest absolute Gasteiger partial charge is 0.278 e. The zero-order chi connectivity index (χ0) is 15.5. The fraction of sp³-hybridized carbons (Fsp3) is 0.250. The molecule has 3 aromatic rings. The average Bonchev–Trinajstić information content (AvgIpc) is 3.28. The number of anilines is 3. The molecule has 1 N–H and O–H groups in total. The molecular formula is C16H16N6O. The molecule has 0 radical (unpaired) electrons. The summed E-state index contributed by atoms with van der Waals surface area (Å²) in [7, 11) is 0. The summed E-state index contributed by atoms with van der Waals surface area (Å²) in [5, 5.41) is 7.04. The quantitative estimate of drug-likeness (QED) is 0.793. The van der Waals surface area contributed by atoms with Crippen molar-refractivity contribution in [3.63, 3.8) is 0 Å². The molecule has 0 saturated carbocycles.